The Kier molecular flexibility index (Phi) is 4.83. The fourth-order valence-electron chi connectivity index (χ4n) is 2.30. The van der Waals surface area contributed by atoms with Crippen LogP contribution in [0.2, 0.25) is 0 Å². The SMILES string of the molecule is Cc1nc(CC(=O)NCCc2ccc(-n3cccn3)cc2)cs1. The molecule has 118 valence electrons. The second-order valence-corrected chi connectivity index (χ2v) is 6.31. The van der Waals surface area contributed by atoms with E-state index >= 15 is 0 Å². The maximum absolute atomic E-state index is 11.9. The number of thiazole rings is 1. The molecule has 0 aliphatic heterocycles. The first kappa shape index (κ1) is 15.4. The Morgan fingerprint density at radius 2 is 2.13 bits per heavy atom. The van der Waals surface area contributed by atoms with Crippen LogP contribution in [0.4, 0.5) is 0 Å². The van der Waals surface area contributed by atoms with Gasteiger partial charge in [-0.05, 0) is 37.1 Å². The van der Waals surface area contributed by atoms with Crippen LogP contribution >= 0.6 is 11.3 Å². The lowest BCUT2D eigenvalue weighted by molar-refractivity contribution is -0.120. The average molecular weight is 326 g/mol. The number of hydrogen-bond acceptors (Lipinski definition) is 4. The molecule has 0 aliphatic rings. The van der Waals surface area contributed by atoms with Gasteiger partial charge in [0.1, 0.15) is 0 Å². The Bertz CT molecular complexity index is 762. The van der Waals surface area contributed by atoms with E-state index in [0.717, 1.165) is 22.8 Å². The summed E-state index contributed by atoms with van der Waals surface area (Å²) in [4.78, 5) is 16.2. The van der Waals surface area contributed by atoms with Gasteiger partial charge in [0.15, 0.2) is 0 Å². The van der Waals surface area contributed by atoms with Gasteiger partial charge in [-0.2, -0.15) is 5.10 Å². The predicted octanol–water partition coefficient (Wildman–Crippen LogP) is 2.54. The summed E-state index contributed by atoms with van der Waals surface area (Å²) in [5.74, 6) is 0.0171. The third-order valence-corrected chi connectivity index (χ3v) is 4.27. The van der Waals surface area contributed by atoms with Crippen molar-refractivity contribution in [1.29, 1.82) is 0 Å². The fraction of sp³-hybridized carbons (Fsp3) is 0.235. The molecule has 0 spiro atoms. The summed E-state index contributed by atoms with van der Waals surface area (Å²) < 4.78 is 1.82. The van der Waals surface area contributed by atoms with Gasteiger partial charge in [0.2, 0.25) is 5.91 Å². The minimum absolute atomic E-state index is 0.0171. The first-order valence-electron chi connectivity index (χ1n) is 7.47. The summed E-state index contributed by atoms with van der Waals surface area (Å²) in [5, 5.41) is 10.1. The van der Waals surface area contributed by atoms with Gasteiger partial charge in [-0.3, -0.25) is 4.79 Å². The Morgan fingerprint density at radius 1 is 1.30 bits per heavy atom. The van der Waals surface area contributed by atoms with Crippen LogP contribution in [-0.2, 0) is 17.6 Å². The first-order chi connectivity index (χ1) is 11.2. The van der Waals surface area contributed by atoms with Gasteiger partial charge in [0.25, 0.3) is 0 Å². The number of nitrogens with one attached hydrogen (secondary N) is 1. The molecule has 23 heavy (non-hydrogen) atoms. The highest BCUT2D eigenvalue weighted by atomic mass is 32.1. The second kappa shape index (κ2) is 7.19. The first-order valence-corrected chi connectivity index (χ1v) is 8.35. The van der Waals surface area contributed by atoms with Crippen molar-refractivity contribution < 1.29 is 4.79 Å². The zero-order valence-electron chi connectivity index (χ0n) is 12.9. The van der Waals surface area contributed by atoms with Crippen molar-refractivity contribution in [3.05, 3.63) is 64.4 Å². The van der Waals surface area contributed by atoms with E-state index in [2.05, 4.69) is 27.5 Å². The lowest BCUT2D eigenvalue weighted by Gasteiger charge is -2.06. The van der Waals surface area contributed by atoms with Crippen molar-refractivity contribution in [2.75, 3.05) is 6.54 Å². The molecular formula is C17H18N4OS. The van der Waals surface area contributed by atoms with Gasteiger partial charge in [-0.1, -0.05) is 12.1 Å². The summed E-state index contributed by atoms with van der Waals surface area (Å²) >= 11 is 1.57. The minimum Gasteiger partial charge on any atom is -0.355 e. The third-order valence-electron chi connectivity index (χ3n) is 3.45. The van der Waals surface area contributed by atoms with E-state index in [0.29, 0.717) is 13.0 Å². The molecule has 1 aromatic carbocycles. The molecule has 0 aliphatic carbocycles. The lowest BCUT2D eigenvalue weighted by atomic mass is 10.1. The monoisotopic (exact) mass is 326 g/mol. The van der Waals surface area contributed by atoms with Crippen molar-refractivity contribution in [1.82, 2.24) is 20.1 Å². The number of carbonyl (C=O) groups is 1. The summed E-state index contributed by atoms with van der Waals surface area (Å²) in [6, 6.07) is 10.1. The van der Waals surface area contributed by atoms with Crippen LogP contribution in [0.25, 0.3) is 5.69 Å². The normalized spacial score (nSPS) is 10.7. The molecule has 0 fully saturated rings. The van der Waals surface area contributed by atoms with Crippen LogP contribution in [0.5, 0.6) is 0 Å². The smallest absolute Gasteiger partial charge is 0.226 e. The Morgan fingerprint density at radius 3 is 2.78 bits per heavy atom. The maximum Gasteiger partial charge on any atom is 0.226 e. The Hall–Kier alpha value is -2.47. The Balaban J connectivity index is 1.46. The van der Waals surface area contributed by atoms with Crippen molar-refractivity contribution >= 4 is 17.2 Å². The molecule has 2 heterocycles. The van der Waals surface area contributed by atoms with Crippen molar-refractivity contribution in [3.8, 4) is 5.69 Å². The summed E-state index contributed by atoms with van der Waals surface area (Å²) in [6.07, 6.45) is 4.83. The molecule has 0 saturated heterocycles. The topological polar surface area (TPSA) is 59.8 Å². The standard InChI is InChI=1S/C17H18N4OS/c1-13-20-15(12-23-13)11-17(22)18-9-7-14-3-5-16(6-4-14)21-10-2-8-19-21/h2-6,8,10,12H,7,9,11H2,1H3,(H,18,22). The van der Waals surface area contributed by atoms with E-state index in [-0.39, 0.29) is 5.91 Å². The van der Waals surface area contributed by atoms with Crippen molar-refractivity contribution in [3.63, 3.8) is 0 Å². The summed E-state index contributed by atoms with van der Waals surface area (Å²) in [6.45, 7) is 2.57. The molecular weight excluding hydrogens is 308 g/mol. The molecule has 6 heteroatoms. The van der Waals surface area contributed by atoms with E-state index in [1.807, 2.05) is 41.4 Å². The van der Waals surface area contributed by atoms with Crippen LogP contribution in [0.3, 0.4) is 0 Å². The lowest BCUT2D eigenvalue weighted by Crippen LogP contribution is -2.27. The molecule has 0 unspecified atom stereocenters. The predicted molar refractivity (Wildman–Crippen MR) is 90.8 cm³/mol. The number of aromatic nitrogens is 3. The van der Waals surface area contributed by atoms with E-state index in [1.165, 1.54) is 5.56 Å². The zero-order chi connectivity index (χ0) is 16.1. The number of carbonyl (C=O) groups excluding carboxylic acids is 1. The molecule has 0 radical (unpaired) electrons. The minimum atomic E-state index is 0.0171. The van der Waals surface area contributed by atoms with E-state index in [9.17, 15) is 4.79 Å². The van der Waals surface area contributed by atoms with Gasteiger partial charge in [0.05, 0.1) is 22.8 Å². The third kappa shape index (κ3) is 4.26. The van der Waals surface area contributed by atoms with Crippen molar-refractivity contribution in [2.24, 2.45) is 0 Å². The summed E-state index contributed by atoms with van der Waals surface area (Å²) in [5.41, 5.74) is 3.06. The van der Waals surface area contributed by atoms with Crippen molar-refractivity contribution in [2.45, 2.75) is 19.8 Å². The number of amides is 1. The van der Waals surface area contributed by atoms with Crippen LogP contribution in [-0.4, -0.2) is 27.2 Å². The molecule has 0 bridgehead atoms. The van der Waals surface area contributed by atoms with Crippen LogP contribution in [0.1, 0.15) is 16.3 Å². The van der Waals surface area contributed by atoms with E-state index in [1.54, 1.807) is 17.5 Å². The highest BCUT2D eigenvalue weighted by Gasteiger charge is 2.06. The van der Waals surface area contributed by atoms with E-state index in [4.69, 9.17) is 0 Å². The fourth-order valence-corrected chi connectivity index (χ4v) is 2.91. The Labute approximate surface area is 139 Å². The number of benzene rings is 1. The maximum atomic E-state index is 11.9. The van der Waals surface area contributed by atoms with Crippen LogP contribution in [0, 0.1) is 6.92 Å². The summed E-state index contributed by atoms with van der Waals surface area (Å²) in [7, 11) is 0. The zero-order valence-corrected chi connectivity index (χ0v) is 13.7. The quantitative estimate of drug-likeness (QED) is 0.757. The largest absolute Gasteiger partial charge is 0.355 e. The number of aryl methyl sites for hydroxylation is 1. The number of rotatable bonds is 6. The molecule has 1 N–H and O–H groups in total. The second-order valence-electron chi connectivity index (χ2n) is 5.25. The number of nitrogens with zero attached hydrogens (tertiary/aromatic N) is 3. The highest BCUT2D eigenvalue weighted by molar-refractivity contribution is 7.09. The molecule has 0 atom stereocenters. The van der Waals surface area contributed by atoms with Gasteiger partial charge >= 0.3 is 0 Å². The highest BCUT2D eigenvalue weighted by Crippen LogP contribution is 2.10. The van der Waals surface area contributed by atoms with Gasteiger partial charge in [-0.25, -0.2) is 9.67 Å². The van der Waals surface area contributed by atoms with Crippen LogP contribution < -0.4 is 5.32 Å². The molecule has 5 nitrogen and oxygen atoms in total. The molecule has 0 saturated carbocycles. The molecule has 3 aromatic rings. The van der Waals surface area contributed by atoms with Crippen LogP contribution in [0.15, 0.2) is 48.1 Å². The molecule has 2 aromatic heterocycles. The van der Waals surface area contributed by atoms with Gasteiger partial charge in [0, 0.05) is 24.3 Å². The molecule has 1 amide bonds. The number of hydrogen-bond donors (Lipinski definition) is 1. The van der Waals surface area contributed by atoms with E-state index < -0.39 is 0 Å². The molecule has 3 rings (SSSR count). The van der Waals surface area contributed by atoms with Gasteiger partial charge < -0.3 is 5.32 Å². The van der Waals surface area contributed by atoms with Gasteiger partial charge in [-0.15, -0.1) is 11.3 Å². The average Bonchev–Trinajstić information content (AvgIpc) is 3.20.